The van der Waals surface area contributed by atoms with Gasteiger partial charge in [-0.1, -0.05) is 30.3 Å². The van der Waals surface area contributed by atoms with Crippen LogP contribution in [0, 0.1) is 13.8 Å². The number of alkyl halides is 3. The molecule has 0 N–H and O–H groups in total. The molecule has 0 bridgehead atoms. The van der Waals surface area contributed by atoms with Crippen molar-refractivity contribution >= 4 is 5.65 Å². The van der Waals surface area contributed by atoms with Gasteiger partial charge in [0.05, 0.1) is 5.69 Å². The van der Waals surface area contributed by atoms with Crippen LogP contribution in [0.2, 0.25) is 0 Å². The van der Waals surface area contributed by atoms with Crippen molar-refractivity contribution in [2.24, 2.45) is 0 Å². The number of hydrogen-bond acceptors (Lipinski definition) is 5. The number of fused-ring (bicyclic) bond motifs is 1. The molecule has 2 aromatic carbocycles. The highest BCUT2D eigenvalue weighted by Crippen LogP contribution is 2.34. The Morgan fingerprint density at radius 2 is 1.53 bits per heavy atom. The number of benzene rings is 2. The van der Waals surface area contributed by atoms with E-state index in [1.165, 1.54) is 6.07 Å². The van der Waals surface area contributed by atoms with Crippen LogP contribution < -0.4 is 0 Å². The molecule has 0 aliphatic carbocycles. The van der Waals surface area contributed by atoms with Crippen molar-refractivity contribution in [1.29, 1.82) is 0 Å². The molecule has 9 heteroatoms. The predicted molar refractivity (Wildman–Crippen MR) is 112 cm³/mol. The van der Waals surface area contributed by atoms with Gasteiger partial charge in [0.1, 0.15) is 0 Å². The lowest BCUT2D eigenvalue weighted by atomic mass is 10.0. The molecule has 160 valence electrons. The molecule has 0 unspecified atom stereocenters. The van der Waals surface area contributed by atoms with Gasteiger partial charge in [0, 0.05) is 17.2 Å². The van der Waals surface area contributed by atoms with Gasteiger partial charge in [-0.2, -0.15) is 18.3 Å². The molecule has 6 nitrogen and oxygen atoms in total. The highest BCUT2D eigenvalue weighted by Gasteiger charge is 2.35. The lowest BCUT2D eigenvalue weighted by Gasteiger charge is -2.11. The highest BCUT2D eigenvalue weighted by molar-refractivity contribution is 5.66. The van der Waals surface area contributed by atoms with Crippen LogP contribution in [0.3, 0.4) is 0 Å². The Morgan fingerprint density at radius 3 is 2.25 bits per heavy atom. The number of aromatic nitrogens is 5. The monoisotopic (exact) mass is 435 g/mol. The van der Waals surface area contributed by atoms with E-state index in [1.54, 1.807) is 18.2 Å². The zero-order valence-corrected chi connectivity index (χ0v) is 17.1. The van der Waals surface area contributed by atoms with E-state index in [0.717, 1.165) is 21.7 Å². The van der Waals surface area contributed by atoms with Crippen molar-refractivity contribution < 1.29 is 17.6 Å². The van der Waals surface area contributed by atoms with Gasteiger partial charge in [0.15, 0.2) is 17.0 Å². The lowest BCUT2D eigenvalue weighted by Crippen LogP contribution is -2.13. The van der Waals surface area contributed by atoms with Crippen LogP contribution in [0.1, 0.15) is 16.8 Å². The van der Waals surface area contributed by atoms with Crippen LogP contribution >= 0.6 is 0 Å². The number of halogens is 3. The fraction of sp³-hybridized carbons (Fsp3) is 0.130. The summed E-state index contributed by atoms with van der Waals surface area (Å²) < 4.78 is 48.0. The van der Waals surface area contributed by atoms with E-state index in [9.17, 15) is 13.2 Å². The molecule has 0 amide bonds. The van der Waals surface area contributed by atoms with E-state index in [4.69, 9.17) is 4.42 Å². The first-order valence-electron chi connectivity index (χ1n) is 9.74. The van der Waals surface area contributed by atoms with Crippen molar-refractivity contribution in [1.82, 2.24) is 24.8 Å². The van der Waals surface area contributed by atoms with Crippen molar-refractivity contribution in [2.75, 3.05) is 0 Å². The third-order valence-corrected chi connectivity index (χ3v) is 5.19. The van der Waals surface area contributed by atoms with Gasteiger partial charge in [0.25, 0.3) is 5.89 Å². The summed E-state index contributed by atoms with van der Waals surface area (Å²) in [4.78, 5) is 4.41. The van der Waals surface area contributed by atoms with Crippen LogP contribution in [-0.4, -0.2) is 24.8 Å². The van der Waals surface area contributed by atoms with Crippen molar-refractivity contribution in [3.05, 3.63) is 77.5 Å². The second-order valence-corrected chi connectivity index (χ2v) is 7.40. The number of hydrogen-bond donors (Lipinski definition) is 0. The topological polar surface area (TPSA) is 69.1 Å². The molecule has 3 heterocycles. The summed E-state index contributed by atoms with van der Waals surface area (Å²) in [6.45, 7) is 3.84. The first kappa shape index (κ1) is 19.9. The largest absolute Gasteiger partial charge is 0.433 e. The van der Waals surface area contributed by atoms with Gasteiger partial charge in [-0.25, -0.2) is 9.50 Å². The molecule has 5 rings (SSSR count). The molecular formula is C23H16F3N5O. The fourth-order valence-electron chi connectivity index (χ4n) is 3.35. The van der Waals surface area contributed by atoms with Crippen molar-refractivity contribution in [3.63, 3.8) is 0 Å². The van der Waals surface area contributed by atoms with E-state index in [0.29, 0.717) is 11.1 Å². The summed E-state index contributed by atoms with van der Waals surface area (Å²) in [5.41, 5.74) is 2.69. The average Bonchev–Trinajstić information content (AvgIpc) is 3.42. The fourth-order valence-corrected chi connectivity index (χ4v) is 3.35. The third-order valence-electron chi connectivity index (χ3n) is 5.19. The van der Waals surface area contributed by atoms with E-state index in [-0.39, 0.29) is 28.8 Å². The van der Waals surface area contributed by atoms with Crippen molar-refractivity contribution in [3.8, 4) is 34.3 Å². The van der Waals surface area contributed by atoms with Gasteiger partial charge in [-0.05, 0) is 49.2 Å². The standard InChI is InChI=1S/C23H16F3N5O/c1-13-8-9-16(10-14(13)2)17-11-19(23(24,25)26)31-20(27-17)12-18(30-31)22-29-28-21(32-22)15-6-4-3-5-7-15/h3-12H,1-2H3. The number of nitrogens with zero attached hydrogens (tertiary/aromatic N) is 5. The van der Waals surface area contributed by atoms with Crippen LogP contribution in [0.25, 0.3) is 39.9 Å². The zero-order valence-electron chi connectivity index (χ0n) is 17.1. The first-order chi connectivity index (χ1) is 15.3. The summed E-state index contributed by atoms with van der Waals surface area (Å²) >= 11 is 0. The van der Waals surface area contributed by atoms with Crippen LogP contribution in [0.4, 0.5) is 13.2 Å². The Kier molecular flexibility index (Phi) is 4.54. The van der Waals surface area contributed by atoms with E-state index >= 15 is 0 Å². The van der Waals surface area contributed by atoms with Gasteiger partial charge in [-0.15, -0.1) is 10.2 Å². The summed E-state index contributed by atoms with van der Waals surface area (Å²) in [5, 5.41) is 12.0. The van der Waals surface area contributed by atoms with E-state index in [1.807, 2.05) is 44.2 Å². The van der Waals surface area contributed by atoms with Gasteiger partial charge in [-0.3, -0.25) is 0 Å². The normalized spacial score (nSPS) is 11.9. The molecule has 0 fully saturated rings. The van der Waals surface area contributed by atoms with E-state index in [2.05, 4.69) is 20.3 Å². The lowest BCUT2D eigenvalue weighted by molar-refractivity contribution is -0.142. The second-order valence-electron chi connectivity index (χ2n) is 7.40. The van der Waals surface area contributed by atoms with Crippen LogP contribution in [-0.2, 0) is 6.18 Å². The first-order valence-corrected chi connectivity index (χ1v) is 9.74. The quantitative estimate of drug-likeness (QED) is 0.361. The molecule has 0 atom stereocenters. The maximum Gasteiger partial charge on any atom is 0.433 e. The molecule has 0 saturated carbocycles. The molecule has 0 spiro atoms. The van der Waals surface area contributed by atoms with Gasteiger partial charge >= 0.3 is 6.18 Å². The minimum absolute atomic E-state index is 0.00945. The van der Waals surface area contributed by atoms with Crippen LogP contribution in [0.15, 0.2) is 65.1 Å². The molecular weight excluding hydrogens is 419 g/mol. The maximum atomic E-state index is 13.9. The smallest absolute Gasteiger partial charge is 0.415 e. The molecule has 3 aromatic heterocycles. The number of rotatable bonds is 3. The summed E-state index contributed by atoms with van der Waals surface area (Å²) in [7, 11) is 0. The molecule has 5 aromatic rings. The highest BCUT2D eigenvalue weighted by atomic mass is 19.4. The van der Waals surface area contributed by atoms with Crippen molar-refractivity contribution in [2.45, 2.75) is 20.0 Å². The predicted octanol–water partition coefficient (Wildman–Crippen LogP) is 5.75. The Labute approximate surface area is 180 Å². The molecule has 32 heavy (non-hydrogen) atoms. The Bertz CT molecular complexity index is 1440. The maximum absolute atomic E-state index is 13.9. The minimum Gasteiger partial charge on any atom is -0.415 e. The Hall–Kier alpha value is -4.01. The molecule has 0 radical (unpaired) electrons. The average molecular weight is 435 g/mol. The van der Waals surface area contributed by atoms with Gasteiger partial charge < -0.3 is 4.42 Å². The second kappa shape index (κ2) is 7.30. The molecule has 0 saturated heterocycles. The SMILES string of the molecule is Cc1ccc(-c2cc(C(F)(F)F)n3nc(-c4nnc(-c5ccccc5)o4)cc3n2)cc1C. The van der Waals surface area contributed by atoms with E-state index < -0.39 is 11.9 Å². The third kappa shape index (κ3) is 3.51. The minimum atomic E-state index is -4.64. The zero-order chi connectivity index (χ0) is 22.5. The number of aryl methyl sites for hydroxylation is 2. The summed E-state index contributed by atoms with van der Waals surface area (Å²) in [6.07, 6.45) is -4.64. The van der Waals surface area contributed by atoms with Crippen LogP contribution in [0.5, 0.6) is 0 Å². The molecule has 0 aliphatic rings. The molecule has 0 aliphatic heterocycles. The Balaban J connectivity index is 1.64. The summed E-state index contributed by atoms with van der Waals surface area (Å²) in [5.74, 6) is 0.257. The van der Waals surface area contributed by atoms with Gasteiger partial charge in [0.2, 0.25) is 5.89 Å². The Morgan fingerprint density at radius 1 is 0.781 bits per heavy atom. The summed E-state index contributed by atoms with van der Waals surface area (Å²) in [6, 6.07) is 16.9.